The van der Waals surface area contributed by atoms with Gasteiger partial charge in [-0.05, 0) is 59.5 Å². The van der Waals surface area contributed by atoms with Gasteiger partial charge in [-0.1, -0.05) is 0 Å². The van der Waals surface area contributed by atoms with Gasteiger partial charge in [-0.25, -0.2) is 4.98 Å². The van der Waals surface area contributed by atoms with Gasteiger partial charge in [0, 0.05) is 12.2 Å². The number of halogens is 1. The van der Waals surface area contributed by atoms with Crippen LogP contribution in [-0.4, -0.2) is 15.5 Å². The van der Waals surface area contributed by atoms with E-state index in [9.17, 15) is 4.79 Å². The molecular formula is C14H14BrN3O. The molecule has 1 N–H and O–H groups in total. The zero-order valence-electron chi connectivity index (χ0n) is 10.3. The third kappa shape index (κ3) is 2.56. The Hall–Kier alpha value is -1.62. The van der Waals surface area contributed by atoms with Crippen LogP contribution >= 0.6 is 15.9 Å². The lowest BCUT2D eigenvalue weighted by molar-refractivity contribution is 0.101. The van der Waals surface area contributed by atoms with Crippen molar-refractivity contribution in [3.05, 3.63) is 47.0 Å². The number of nitrogens with one attached hydrogen (secondary N) is 1. The Morgan fingerprint density at radius 3 is 2.84 bits per heavy atom. The maximum Gasteiger partial charge on any atom is 0.272 e. The predicted octanol–water partition coefficient (Wildman–Crippen LogP) is 3.62. The van der Waals surface area contributed by atoms with Crippen molar-refractivity contribution in [1.82, 2.24) is 9.55 Å². The molecule has 0 radical (unpaired) electrons. The monoisotopic (exact) mass is 319 g/mol. The normalized spacial score (nSPS) is 15.0. The third-order valence-corrected chi connectivity index (χ3v) is 3.93. The summed E-state index contributed by atoms with van der Waals surface area (Å²) in [5, 5.41) is 2.87. The van der Waals surface area contributed by atoms with Crippen molar-refractivity contribution < 1.29 is 4.79 Å². The van der Waals surface area contributed by atoms with Crippen LogP contribution in [0.1, 0.15) is 35.8 Å². The van der Waals surface area contributed by atoms with E-state index in [0.717, 1.165) is 17.4 Å². The lowest BCUT2D eigenvalue weighted by atomic mass is 9.93. The van der Waals surface area contributed by atoms with E-state index in [2.05, 4.69) is 30.8 Å². The van der Waals surface area contributed by atoms with E-state index in [1.165, 1.54) is 6.42 Å². The van der Waals surface area contributed by atoms with E-state index in [-0.39, 0.29) is 5.91 Å². The number of amides is 1. The highest BCUT2D eigenvalue weighted by molar-refractivity contribution is 9.10. The van der Waals surface area contributed by atoms with E-state index < -0.39 is 0 Å². The Kier molecular flexibility index (Phi) is 3.38. The molecule has 3 rings (SSSR count). The van der Waals surface area contributed by atoms with Gasteiger partial charge in [0.1, 0.15) is 10.3 Å². The first-order valence-corrected chi connectivity index (χ1v) is 7.13. The lowest BCUT2D eigenvalue weighted by Crippen LogP contribution is -2.23. The van der Waals surface area contributed by atoms with Gasteiger partial charge >= 0.3 is 0 Å². The second-order valence-electron chi connectivity index (χ2n) is 4.71. The standard InChI is InChI=1S/C14H14BrN3O/c15-13-7-6-10(9-16-13)17-14(19)12-5-2-8-18(12)11-3-1-4-11/h2,5-9,11H,1,3-4H2,(H,17,19). The Balaban J connectivity index is 1.76. The Bertz CT molecular complexity index is 587. The van der Waals surface area contributed by atoms with Gasteiger partial charge in [-0.3, -0.25) is 4.79 Å². The molecule has 0 saturated heterocycles. The number of pyridine rings is 1. The Morgan fingerprint density at radius 2 is 2.21 bits per heavy atom. The van der Waals surface area contributed by atoms with Crippen LogP contribution in [0.3, 0.4) is 0 Å². The molecule has 4 nitrogen and oxygen atoms in total. The summed E-state index contributed by atoms with van der Waals surface area (Å²) in [5.41, 5.74) is 1.42. The smallest absolute Gasteiger partial charge is 0.272 e. The molecule has 1 fully saturated rings. The molecule has 5 heteroatoms. The van der Waals surface area contributed by atoms with Crippen molar-refractivity contribution in [2.24, 2.45) is 0 Å². The van der Waals surface area contributed by atoms with E-state index in [1.807, 2.05) is 24.4 Å². The average molecular weight is 320 g/mol. The fourth-order valence-corrected chi connectivity index (χ4v) is 2.45. The molecule has 1 aliphatic carbocycles. The van der Waals surface area contributed by atoms with Gasteiger partial charge in [-0.2, -0.15) is 0 Å². The number of anilines is 1. The zero-order valence-corrected chi connectivity index (χ0v) is 11.9. The summed E-state index contributed by atoms with van der Waals surface area (Å²) in [6.45, 7) is 0. The van der Waals surface area contributed by atoms with Crippen molar-refractivity contribution in [2.45, 2.75) is 25.3 Å². The van der Waals surface area contributed by atoms with Crippen molar-refractivity contribution in [1.29, 1.82) is 0 Å². The number of carbonyl (C=O) groups excluding carboxylic acids is 1. The third-order valence-electron chi connectivity index (χ3n) is 3.46. The topological polar surface area (TPSA) is 46.9 Å². The molecule has 0 aliphatic heterocycles. The van der Waals surface area contributed by atoms with E-state index >= 15 is 0 Å². The van der Waals surface area contributed by atoms with E-state index in [1.54, 1.807) is 12.3 Å². The van der Waals surface area contributed by atoms with Crippen LogP contribution < -0.4 is 5.32 Å². The van der Waals surface area contributed by atoms with E-state index in [4.69, 9.17) is 0 Å². The summed E-state index contributed by atoms with van der Waals surface area (Å²) >= 11 is 3.27. The van der Waals surface area contributed by atoms with Gasteiger partial charge in [0.05, 0.1) is 11.9 Å². The molecule has 0 atom stereocenters. The maximum atomic E-state index is 12.3. The lowest BCUT2D eigenvalue weighted by Gasteiger charge is -2.28. The highest BCUT2D eigenvalue weighted by Crippen LogP contribution is 2.32. The summed E-state index contributed by atoms with van der Waals surface area (Å²) < 4.78 is 2.83. The number of aromatic nitrogens is 2. The van der Waals surface area contributed by atoms with Gasteiger partial charge in [-0.15, -0.1) is 0 Å². The minimum Gasteiger partial charge on any atom is -0.340 e. The minimum absolute atomic E-state index is 0.0824. The fourth-order valence-electron chi connectivity index (χ4n) is 2.21. The van der Waals surface area contributed by atoms with Gasteiger partial charge in [0.25, 0.3) is 5.91 Å². The molecule has 2 heterocycles. The molecular weight excluding hydrogens is 306 g/mol. The summed E-state index contributed by atoms with van der Waals surface area (Å²) in [4.78, 5) is 16.3. The molecule has 0 aromatic carbocycles. The van der Waals surface area contributed by atoms with Crippen molar-refractivity contribution in [3.63, 3.8) is 0 Å². The molecule has 1 amide bonds. The van der Waals surface area contributed by atoms with E-state index in [0.29, 0.717) is 17.4 Å². The minimum atomic E-state index is -0.0824. The van der Waals surface area contributed by atoms with Crippen molar-refractivity contribution >= 4 is 27.5 Å². The van der Waals surface area contributed by atoms with Crippen molar-refractivity contribution in [3.8, 4) is 0 Å². The van der Waals surface area contributed by atoms with Gasteiger partial charge in [0.2, 0.25) is 0 Å². The summed E-state index contributed by atoms with van der Waals surface area (Å²) in [5.74, 6) is -0.0824. The number of hydrogen-bond donors (Lipinski definition) is 1. The molecule has 1 aliphatic rings. The molecule has 19 heavy (non-hydrogen) atoms. The van der Waals surface area contributed by atoms with Crippen LogP contribution in [0, 0.1) is 0 Å². The Labute approximate surface area is 120 Å². The number of rotatable bonds is 3. The van der Waals surface area contributed by atoms with Crippen LogP contribution in [0.4, 0.5) is 5.69 Å². The maximum absolute atomic E-state index is 12.3. The largest absolute Gasteiger partial charge is 0.340 e. The number of carbonyl (C=O) groups is 1. The first kappa shape index (κ1) is 12.4. The molecule has 1 saturated carbocycles. The van der Waals surface area contributed by atoms with Crippen LogP contribution in [0.25, 0.3) is 0 Å². The molecule has 0 spiro atoms. The van der Waals surface area contributed by atoms with Crippen LogP contribution in [0.15, 0.2) is 41.3 Å². The quantitative estimate of drug-likeness (QED) is 0.878. The highest BCUT2D eigenvalue weighted by Gasteiger charge is 2.23. The second-order valence-corrected chi connectivity index (χ2v) is 5.52. The summed E-state index contributed by atoms with van der Waals surface area (Å²) in [6, 6.07) is 7.90. The van der Waals surface area contributed by atoms with Gasteiger partial charge in [0.15, 0.2) is 0 Å². The average Bonchev–Trinajstić information content (AvgIpc) is 2.79. The zero-order chi connectivity index (χ0) is 13.2. The molecule has 2 aromatic heterocycles. The molecule has 0 unspecified atom stereocenters. The SMILES string of the molecule is O=C(Nc1ccc(Br)nc1)c1cccn1C1CCC1. The molecule has 0 bridgehead atoms. The highest BCUT2D eigenvalue weighted by atomic mass is 79.9. The molecule has 98 valence electrons. The first-order chi connectivity index (χ1) is 9.24. The number of nitrogens with zero attached hydrogens (tertiary/aromatic N) is 2. The number of hydrogen-bond acceptors (Lipinski definition) is 2. The van der Waals surface area contributed by atoms with Gasteiger partial charge < -0.3 is 9.88 Å². The van der Waals surface area contributed by atoms with Crippen LogP contribution in [0.5, 0.6) is 0 Å². The summed E-state index contributed by atoms with van der Waals surface area (Å²) in [6.07, 6.45) is 7.20. The first-order valence-electron chi connectivity index (χ1n) is 6.34. The Morgan fingerprint density at radius 1 is 1.37 bits per heavy atom. The van der Waals surface area contributed by atoms with Crippen LogP contribution in [-0.2, 0) is 0 Å². The second kappa shape index (κ2) is 5.17. The van der Waals surface area contributed by atoms with Crippen molar-refractivity contribution in [2.75, 3.05) is 5.32 Å². The molecule has 2 aromatic rings. The predicted molar refractivity (Wildman–Crippen MR) is 77.2 cm³/mol. The summed E-state index contributed by atoms with van der Waals surface area (Å²) in [7, 11) is 0. The van der Waals surface area contributed by atoms with Crippen LogP contribution in [0.2, 0.25) is 0 Å². The fraction of sp³-hybridized carbons (Fsp3) is 0.286.